The monoisotopic (exact) mass is 668 g/mol. The average Bonchev–Trinajstić information content (AvgIpc) is 3.58. The Morgan fingerprint density at radius 2 is 0.642 bits per heavy atom. The van der Waals surface area contributed by atoms with Gasteiger partial charge in [-0.1, -0.05) is 125 Å². The first-order chi connectivity index (χ1) is 25.6. The second-order valence-corrected chi connectivity index (χ2v) is 15.1. The second kappa shape index (κ2) is 12.6. The van der Waals surface area contributed by atoms with Gasteiger partial charge in [0.25, 0.3) is 0 Å². The van der Waals surface area contributed by atoms with Crippen LogP contribution in [0.4, 0.5) is 0 Å². The maximum absolute atomic E-state index is 6.32. The molecule has 0 aliphatic rings. The topological polar surface area (TPSA) is 13.1 Å². The lowest BCUT2D eigenvalue weighted by atomic mass is 9.59. The van der Waals surface area contributed by atoms with Crippen LogP contribution >= 0.6 is 0 Å². The van der Waals surface area contributed by atoms with Gasteiger partial charge >= 0.3 is 0 Å². The Morgan fingerprint density at radius 3 is 1.13 bits per heavy atom. The number of rotatable bonds is 4. The molecule has 9 aromatic rings. The fourth-order valence-electron chi connectivity index (χ4n) is 8.90. The van der Waals surface area contributed by atoms with Crippen molar-refractivity contribution in [3.05, 3.63) is 121 Å². The number of hydrogen-bond acceptors (Lipinski definition) is 1. The molecule has 9 rings (SSSR count). The molecular formula is C44H36B8O. The molecule has 0 bridgehead atoms. The van der Waals surface area contributed by atoms with E-state index in [1.165, 1.54) is 110 Å². The first-order valence-corrected chi connectivity index (χ1v) is 18.8. The maximum atomic E-state index is 6.32. The van der Waals surface area contributed by atoms with Gasteiger partial charge in [-0.25, -0.2) is 0 Å². The predicted octanol–water partition coefficient (Wildman–Crippen LogP) is -1.37. The molecule has 9 heteroatoms. The summed E-state index contributed by atoms with van der Waals surface area (Å²) in [5.74, 6) is 0. The Kier molecular flexibility index (Phi) is 7.97. The quantitative estimate of drug-likeness (QED) is 0.167. The van der Waals surface area contributed by atoms with Gasteiger partial charge < -0.3 is 4.42 Å². The molecule has 0 aliphatic heterocycles. The molecule has 0 aliphatic carbocycles. The normalized spacial score (nSPS) is 11.6. The average molecular weight is 667 g/mol. The number of hydrogen-bond donors (Lipinski definition) is 0. The van der Waals surface area contributed by atoms with Gasteiger partial charge in [-0.15, -0.1) is 21.9 Å². The van der Waals surface area contributed by atoms with Crippen LogP contribution in [0.1, 0.15) is 0 Å². The van der Waals surface area contributed by atoms with Crippen LogP contribution in [0.3, 0.4) is 0 Å². The van der Waals surface area contributed by atoms with Crippen molar-refractivity contribution in [2.45, 2.75) is 0 Å². The zero-order valence-corrected chi connectivity index (χ0v) is 32.0. The lowest BCUT2D eigenvalue weighted by Crippen LogP contribution is -2.50. The van der Waals surface area contributed by atoms with Crippen molar-refractivity contribution in [1.29, 1.82) is 0 Å². The molecule has 53 heavy (non-hydrogen) atoms. The van der Waals surface area contributed by atoms with Gasteiger partial charge in [0, 0.05) is 10.8 Å². The smallest absolute Gasteiger partial charge is 0.139 e. The molecule has 0 amide bonds. The Morgan fingerprint density at radius 1 is 0.283 bits per heavy atom. The Balaban J connectivity index is 1.35. The van der Waals surface area contributed by atoms with Crippen LogP contribution in [-0.2, 0) is 0 Å². The number of fused-ring (bicyclic) bond motifs is 5. The summed E-state index contributed by atoms with van der Waals surface area (Å²) in [5.41, 5.74) is 22.8. The first kappa shape index (κ1) is 33.4. The van der Waals surface area contributed by atoms with Crippen LogP contribution in [0.15, 0.2) is 126 Å². The lowest BCUT2D eigenvalue weighted by Gasteiger charge is -2.28. The molecule has 0 saturated carbocycles. The minimum absolute atomic E-state index is 0.926. The number of furan rings is 1. The van der Waals surface area contributed by atoms with E-state index in [-0.39, 0.29) is 0 Å². The van der Waals surface area contributed by atoms with Crippen LogP contribution in [-0.4, -0.2) is 62.8 Å². The Labute approximate surface area is 318 Å². The van der Waals surface area contributed by atoms with Crippen LogP contribution in [0.2, 0.25) is 0 Å². The van der Waals surface area contributed by atoms with E-state index in [0.717, 1.165) is 21.9 Å². The minimum Gasteiger partial charge on any atom is -0.456 e. The molecular weight excluding hydrogens is 631 g/mol. The van der Waals surface area contributed by atoms with E-state index in [1.54, 1.807) is 0 Å². The summed E-state index contributed by atoms with van der Waals surface area (Å²) >= 11 is 0. The Hall–Kier alpha value is -5.40. The van der Waals surface area contributed by atoms with E-state index < -0.39 is 0 Å². The molecule has 242 valence electrons. The summed E-state index contributed by atoms with van der Waals surface area (Å²) in [5, 5.41) is 7.74. The first-order valence-electron chi connectivity index (χ1n) is 18.8. The number of benzene rings is 8. The summed E-state index contributed by atoms with van der Waals surface area (Å²) < 4.78 is 6.32. The van der Waals surface area contributed by atoms with E-state index in [1.807, 2.05) is 6.07 Å². The van der Waals surface area contributed by atoms with Crippen molar-refractivity contribution in [1.82, 2.24) is 0 Å². The zero-order chi connectivity index (χ0) is 36.7. The van der Waals surface area contributed by atoms with Crippen LogP contribution < -0.4 is 43.7 Å². The van der Waals surface area contributed by atoms with E-state index in [0.29, 0.717) is 0 Å². The van der Waals surface area contributed by atoms with E-state index in [4.69, 9.17) is 4.42 Å². The van der Waals surface area contributed by atoms with Gasteiger partial charge in [0.1, 0.15) is 73.9 Å². The summed E-state index contributed by atoms with van der Waals surface area (Å²) in [6, 6.07) is 44.1. The summed E-state index contributed by atoms with van der Waals surface area (Å²) in [4.78, 5) is 0. The molecule has 1 heterocycles. The second-order valence-electron chi connectivity index (χ2n) is 15.1. The van der Waals surface area contributed by atoms with E-state index >= 15 is 0 Å². The van der Waals surface area contributed by atoms with Gasteiger partial charge in [0.15, 0.2) is 0 Å². The van der Waals surface area contributed by atoms with Gasteiger partial charge in [0.2, 0.25) is 0 Å². The molecule has 0 saturated heterocycles. The lowest BCUT2D eigenvalue weighted by molar-refractivity contribution is 0.669. The highest BCUT2D eigenvalue weighted by Gasteiger charge is 2.25. The van der Waals surface area contributed by atoms with Gasteiger partial charge in [0.05, 0.1) is 0 Å². The summed E-state index contributed by atoms with van der Waals surface area (Å²) in [6.07, 6.45) is 0. The summed E-state index contributed by atoms with van der Waals surface area (Å²) in [6.45, 7) is 0. The maximum Gasteiger partial charge on any atom is 0.139 e. The highest BCUT2D eigenvalue weighted by atomic mass is 16.3. The summed E-state index contributed by atoms with van der Waals surface area (Å²) in [7, 11) is 18.5. The Bertz CT molecular complexity index is 2870. The third kappa shape index (κ3) is 5.12. The highest BCUT2D eigenvalue weighted by Crippen LogP contribution is 2.42. The largest absolute Gasteiger partial charge is 0.456 e. The van der Waals surface area contributed by atoms with E-state index in [9.17, 15) is 0 Å². The number of para-hydroxylation sites is 1. The highest BCUT2D eigenvalue weighted by molar-refractivity contribution is 6.71. The van der Waals surface area contributed by atoms with Crippen LogP contribution in [0, 0.1) is 0 Å². The SMILES string of the molecule is Bc1c(B)c(B)c2c(-c3ccc4oc5ccccc5c4c3)c3c(B)c(B)c(B)c(B)c3c(-c3ccc(-c4ccc(-c5ccccc5)cc4)cc3)c2c1B. The molecule has 1 nitrogen and oxygen atoms in total. The van der Waals surface area contributed by atoms with Gasteiger partial charge in [-0.3, -0.25) is 0 Å². The van der Waals surface area contributed by atoms with Crippen molar-refractivity contribution < 1.29 is 4.42 Å². The molecule has 1 aromatic heterocycles. The third-order valence-corrected chi connectivity index (χ3v) is 12.5. The fourth-order valence-corrected chi connectivity index (χ4v) is 8.90. The fraction of sp³-hybridized carbons (Fsp3) is 0. The van der Waals surface area contributed by atoms with Crippen molar-refractivity contribution in [2.24, 2.45) is 0 Å². The van der Waals surface area contributed by atoms with Crippen LogP contribution in [0.5, 0.6) is 0 Å². The third-order valence-electron chi connectivity index (χ3n) is 12.5. The van der Waals surface area contributed by atoms with Crippen molar-refractivity contribution >= 4 is 150 Å². The molecule has 0 unspecified atom stereocenters. The van der Waals surface area contributed by atoms with Gasteiger partial charge in [-0.2, -0.15) is 0 Å². The van der Waals surface area contributed by atoms with Crippen molar-refractivity contribution in [3.63, 3.8) is 0 Å². The predicted molar refractivity (Wildman–Crippen MR) is 256 cm³/mol. The molecule has 0 fully saturated rings. The zero-order valence-electron chi connectivity index (χ0n) is 32.0. The van der Waals surface area contributed by atoms with Gasteiger partial charge in [-0.05, 0) is 84.3 Å². The van der Waals surface area contributed by atoms with E-state index in [2.05, 4.69) is 178 Å². The van der Waals surface area contributed by atoms with Crippen molar-refractivity contribution in [3.8, 4) is 44.5 Å². The van der Waals surface area contributed by atoms with Crippen LogP contribution in [0.25, 0.3) is 88.0 Å². The molecule has 8 aromatic carbocycles. The minimum atomic E-state index is 0.926. The standard InChI is InChI=1S/C44H36B8O/c45-37-33-31(25-16-14-24(15-17-25)23-12-10-22(11-13-23)21-6-2-1-3-7-21)34-36(40(48)44(52)42(50)38(34)46)32(35(33)39(47)43(51)41(37)49)26-18-19-30-28(20-26)27-8-4-5-9-29(27)53-30/h1-20H,45-52H2. The molecule has 0 N–H and O–H groups in total. The molecule has 0 spiro atoms. The molecule has 0 radical (unpaired) electrons. The molecule has 0 atom stereocenters. The van der Waals surface area contributed by atoms with Crippen molar-refractivity contribution in [2.75, 3.05) is 0 Å².